The standard InChI is InChI=1S/C20H23NO4/c1-24-17-10-14(11-18(12-17)25-2)19(22)21-13-20(23,16-8-9-16)15-6-4-3-5-7-15/h3-7,10-12,16,23H,8-9,13H2,1-2H3,(H,21,22). The van der Waals surface area contributed by atoms with Crippen molar-refractivity contribution in [3.8, 4) is 11.5 Å². The van der Waals surface area contributed by atoms with E-state index in [1.165, 1.54) is 14.2 Å². The minimum Gasteiger partial charge on any atom is -0.497 e. The van der Waals surface area contributed by atoms with E-state index in [9.17, 15) is 9.90 Å². The Kier molecular flexibility index (Phi) is 4.95. The highest BCUT2D eigenvalue weighted by Gasteiger charge is 2.45. The summed E-state index contributed by atoms with van der Waals surface area (Å²) in [6.07, 6.45) is 1.93. The molecule has 1 aliphatic rings. The molecule has 1 unspecified atom stereocenters. The van der Waals surface area contributed by atoms with Gasteiger partial charge in [0.05, 0.1) is 20.8 Å². The van der Waals surface area contributed by atoms with E-state index in [0.29, 0.717) is 17.1 Å². The zero-order chi connectivity index (χ0) is 17.9. The number of nitrogens with one attached hydrogen (secondary N) is 1. The normalized spacial score (nSPS) is 16.0. The van der Waals surface area contributed by atoms with E-state index in [0.717, 1.165) is 18.4 Å². The third kappa shape index (κ3) is 3.77. The molecule has 0 aromatic heterocycles. The fourth-order valence-corrected chi connectivity index (χ4v) is 3.03. The molecule has 25 heavy (non-hydrogen) atoms. The smallest absolute Gasteiger partial charge is 0.251 e. The molecule has 2 aromatic carbocycles. The Morgan fingerprint density at radius 3 is 2.24 bits per heavy atom. The molecule has 5 nitrogen and oxygen atoms in total. The lowest BCUT2D eigenvalue weighted by Gasteiger charge is -2.29. The Balaban J connectivity index is 1.77. The molecular formula is C20H23NO4. The van der Waals surface area contributed by atoms with E-state index in [-0.39, 0.29) is 18.4 Å². The number of hydrogen-bond donors (Lipinski definition) is 2. The van der Waals surface area contributed by atoms with Crippen LogP contribution in [0.5, 0.6) is 11.5 Å². The molecule has 1 fully saturated rings. The lowest BCUT2D eigenvalue weighted by molar-refractivity contribution is 0.0135. The lowest BCUT2D eigenvalue weighted by atomic mass is 9.88. The Hall–Kier alpha value is -2.53. The molecule has 0 heterocycles. The molecule has 0 radical (unpaired) electrons. The van der Waals surface area contributed by atoms with Crippen molar-refractivity contribution in [3.63, 3.8) is 0 Å². The number of rotatable bonds is 7. The van der Waals surface area contributed by atoms with Gasteiger partial charge in [-0.05, 0) is 36.5 Å². The van der Waals surface area contributed by atoms with Gasteiger partial charge in [-0.2, -0.15) is 0 Å². The van der Waals surface area contributed by atoms with Crippen molar-refractivity contribution < 1.29 is 19.4 Å². The minimum atomic E-state index is -1.04. The van der Waals surface area contributed by atoms with Crippen molar-refractivity contribution >= 4 is 5.91 Å². The first-order chi connectivity index (χ1) is 12.1. The van der Waals surface area contributed by atoms with Gasteiger partial charge in [0.1, 0.15) is 17.1 Å². The summed E-state index contributed by atoms with van der Waals surface area (Å²) in [5.41, 5.74) is 0.225. The van der Waals surface area contributed by atoms with E-state index in [1.54, 1.807) is 18.2 Å². The SMILES string of the molecule is COc1cc(OC)cc(C(=O)NCC(O)(c2ccccc2)C2CC2)c1. The van der Waals surface area contributed by atoms with Crippen LogP contribution < -0.4 is 14.8 Å². The highest BCUT2D eigenvalue weighted by Crippen LogP contribution is 2.45. The number of ether oxygens (including phenoxy) is 2. The first-order valence-electron chi connectivity index (χ1n) is 8.36. The molecule has 0 bridgehead atoms. The molecule has 5 heteroatoms. The summed E-state index contributed by atoms with van der Waals surface area (Å²) in [5, 5.41) is 14.0. The Morgan fingerprint density at radius 2 is 1.72 bits per heavy atom. The number of methoxy groups -OCH3 is 2. The van der Waals surface area contributed by atoms with Crippen LogP contribution in [0.3, 0.4) is 0 Å². The molecule has 132 valence electrons. The lowest BCUT2D eigenvalue weighted by Crippen LogP contribution is -2.42. The van der Waals surface area contributed by atoms with Gasteiger partial charge < -0.3 is 19.9 Å². The number of aliphatic hydroxyl groups is 1. The number of carbonyl (C=O) groups excluding carboxylic acids is 1. The summed E-state index contributed by atoms with van der Waals surface area (Å²) in [6.45, 7) is 0.167. The molecule has 1 aliphatic carbocycles. The molecule has 0 aliphatic heterocycles. The molecule has 0 spiro atoms. The molecule has 2 N–H and O–H groups in total. The second-order valence-electron chi connectivity index (χ2n) is 6.35. The van der Waals surface area contributed by atoms with Crippen LogP contribution >= 0.6 is 0 Å². The first-order valence-corrected chi connectivity index (χ1v) is 8.36. The molecule has 1 atom stereocenters. The summed E-state index contributed by atoms with van der Waals surface area (Å²) in [5.74, 6) is 0.997. The maximum absolute atomic E-state index is 12.6. The van der Waals surface area contributed by atoms with E-state index < -0.39 is 5.60 Å². The topological polar surface area (TPSA) is 67.8 Å². The maximum Gasteiger partial charge on any atom is 0.251 e. The van der Waals surface area contributed by atoms with Gasteiger partial charge in [-0.3, -0.25) is 4.79 Å². The summed E-state index contributed by atoms with van der Waals surface area (Å²) < 4.78 is 10.4. The fourth-order valence-electron chi connectivity index (χ4n) is 3.03. The van der Waals surface area contributed by atoms with Gasteiger partial charge >= 0.3 is 0 Å². The van der Waals surface area contributed by atoms with E-state index in [1.807, 2.05) is 30.3 Å². The van der Waals surface area contributed by atoms with Crippen molar-refractivity contribution in [1.82, 2.24) is 5.32 Å². The van der Waals surface area contributed by atoms with Crippen LogP contribution in [-0.4, -0.2) is 31.8 Å². The number of amides is 1. The highest BCUT2D eigenvalue weighted by atomic mass is 16.5. The molecular weight excluding hydrogens is 318 g/mol. The van der Waals surface area contributed by atoms with Crippen LogP contribution in [0, 0.1) is 5.92 Å². The second-order valence-corrected chi connectivity index (χ2v) is 6.35. The third-order valence-electron chi connectivity index (χ3n) is 4.66. The van der Waals surface area contributed by atoms with Gasteiger partial charge in [-0.1, -0.05) is 30.3 Å². The quantitative estimate of drug-likeness (QED) is 0.813. The van der Waals surface area contributed by atoms with Gasteiger partial charge in [0.25, 0.3) is 5.91 Å². The average Bonchev–Trinajstić information content (AvgIpc) is 3.51. The van der Waals surface area contributed by atoms with Gasteiger partial charge in [0, 0.05) is 11.6 Å². The van der Waals surface area contributed by atoms with Gasteiger partial charge in [-0.25, -0.2) is 0 Å². The van der Waals surface area contributed by atoms with Crippen molar-refractivity contribution in [3.05, 3.63) is 59.7 Å². The fraction of sp³-hybridized carbons (Fsp3) is 0.350. The summed E-state index contributed by atoms with van der Waals surface area (Å²) >= 11 is 0. The molecule has 0 saturated heterocycles. The summed E-state index contributed by atoms with van der Waals surface area (Å²) in [6, 6.07) is 14.5. The average molecular weight is 341 g/mol. The zero-order valence-electron chi connectivity index (χ0n) is 14.5. The molecule has 1 saturated carbocycles. The Labute approximate surface area is 147 Å². The predicted molar refractivity (Wildman–Crippen MR) is 94.9 cm³/mol. The molecule has 1 amide bonds. The highest BCUT2D eigenvalue weighted by molar-refractivity contribution is 5.95. The minimum absolute atomic E-state index is 0.167. The summed E-state index contributed by atoms with van der Waals surface area (Å²) in [4.78, 5) is 12.6. The Bertz CT molecular complexity index is 720. The van der Waals surface area contributed by atoms with Crippen LogP contribution in [0.15, 0.2) is 48.5 Å². The molecule has 2 aromatic rings. The molecule has 3 rings (SSSR count). The predicted octanol–water partition coefficient (Wildman–Crippen LogP) is 2.73. The van der Waals surface area contributed by atoms with Gasteiger partial charge in [-0.15, -0.1) is 0 Å². The van der Waals surface area contributed by atoms with E-state index >= 15 is 0 Å². The van der Waals surface area contributed by atoms with Crippen molar-refractivity contribution in [2.24, 2.45) is 5.92 Å². The number of benzene rings is 2. The zero-order valence-corrected chi connectivity index (χ0v) is 14.5. The van der Waals surface area contributed by atoms with Crippen LogP contribution in [0.1, 0.15) is 28.8 Å². The van der Waals surface area contributed by atoms with Crippen LogP contribution in [0.25, 0.3) is 0 Å². The largest absolute Gasteiger partial charge is 0.497 e. The second kappa shape index (κ2) is 7.15. The van der Waals surface area contributed by atoms with E-state index in [4.69, 9.17) is 9.47 Å². The summed E-state index contributed by atoms with van der Waals surface area (Å²) in [7, 11) is 3.08. The maximum atomic E-state index is 12.6. The Morgan fingerprint density at radius 1 is 1.12 bits per heavy atom. The van der Waals surface area contributed by atoms with Crippen molar-refractivity contribution in [1.29, 1.82) is 0 Å². The van der Waals surface area contributed by atoms with E-state index in [2.05, 4.69) is 5.32 Å². The first kappa shape index (κ1) is 17.3. The number of hydrogen-bond acceptors (Lipinski definition) is 4. The monoisotopic (exact) mass is 341 g/mol. The van der Waals surface area contributed by atoms with Crippen LogP contribution in [-0.2, 0) is 5.60 Å². The van der Waals surface area contributed by atoms with Gasteiger partial charge in [0.2, 0.25) is 0 Å². The van der Waals surface area contributed by atoms with Crippen molar-refractivity contribution in [2.45, 2.75) is 18.4 Å². The van der Waals surface area contributed by atoms with Crippen LogP contribution in [0.4, 0.5) is 0 Å². The van der Waals surface area contributed by atoms with Crippen LogP contribution in [0.2, 0.25) is 0 Å². The van der Waals surface area contributed by atoms with Crippen molar-refractivity contribution in [2.75, 3.05) is 20.8 Å². The number of carbonyl (C=O) groups is 1. The third-order valence-corrected chi connectivity index (χ3v) is 4.66. The van der Waals surface area contributed by atoms with Gasteiger partial charge in [0.15, 0.2) is 0 Å².